The summed E-state index contributed by atoms with van der Waals surface area (Å²) in [5, 5.41) is 0. The van der Waals surface area contributed by atoms with E-state index in [1.807, 2.05) is 0 Å². The lowest BCUT2D eigenvalue weighted by molar-refractivity contribution is -0.0377. The van der Waals surface area contributed by atoms with Crippen LogP contribution in [-0.4, -0.2) is 57.5 Å². The monoisotopic (exact) mass is 256 g/mol. The predicted octanol–water partition coefficient (Wildman–Crippen LogP) is 1.24. The van der Waals surface area contributed by atoms with E-state index in [0.29, 0.717) is 6.10 Å². The molecule has 2 fully saturated rings. The molecule has 0 saturated carbocycles. The summed E-state index contributed by atoms with van der Waals surface area (Å²) < 4.78 is 11.4. The molecule has 2 aliphatic heterocycles. The zero-order valence-electron chi connectivity index (χ0n) is 11.7. The van der Waals surface area contributed by atoms with Crippen LogP contribution in [0.25, 0.3) is 0 Å². The fraction of sp³-hybridized carbons (Fsp3) is 1.00. The molecule has 0 aromatic rings. The molecule has 0 aliphatic carbocycles. The maximum Gasteiger partial charge on any atom is 0.0701 e. The molecule has 106 valence electrons. The maximum absolute atomic E-state index is 5.98. The first kappa shape index (κ1) is 14.3. The highest BCUT2D eigenvalue weighted by Gasteiger charge is 2.33. The molecule has 2 aliphatic rings. The molecule has 2 atom stereocenters. The van der Waals surface area contributed by atoms with Gasteiger partial charge in [-0.25, -0.2) is 0 Å². The Hall–Kier alpha value is -0.160. The van der Waals surface area contributed by atoms with Crippen LogP contribution in [0.2, 0.25) is 0 Å². The molecule has 2 heterocycles. The third kappa shape index (κ3) is 3.92. The fourth-order valence-electron chi connectivity index (χ4n) is 3.20. The molecule has 0 bridgehead atoms. The van der Waals surface area contributed by atoms with Crippen molar-refractivity contribution in [2.45, 2.75) is 38.2 Å². The quantitative estimate of drug-likeness (QED) is 0.804. The minimum atomic E-state index is 0.168. The Morgan fingerprint density at radius 1 is 1.28 bits per heavy atom. The molecule has 0 aromatic heterocycles. The molecule has 0 spiro atoms. The van der Waals surface area contributed by atoms with E-state index in [1.165, 1.54) is 25.7 Å². The van der Waals surface area contributed by atoms with Crippen molar-refractivity contribution in [2.24, 2.45) is 11.1 Å². The van der Waals surface area contributed by atoms with Gasteiger partial charge >= 0.3 is 0 Å². The van der Waals surface area contributed by atoms with Crippen LogP contribution in [0.3, 0.4) is 0 Å². The largest absolute Gasteiger partial charge is 0.381 e. The third-order valence-corrected chi connectivity index (χ3v) is 4.23. The first-order chi connectivity index (χ1) is 8.74. The third-order valence-electron chi connectivity index (χ3n) is 4.23. The van der Waals surface area contributed by atoms with Gasteiger partial charge in [0.25, 0.3) is 0 Å². The normalized spacial score (nSPS) is 33.8. The van der Waals surface area contributed by atoms with Crippen LogP contribution < -0.4 is 5.73 Å². The number of nitrogens with zero attached hydrogens (tertiary/aromatic N) is 1. The first-order valence-corrected chi connectivity index (χ1v) is 7.32. The van der Waals surface area contributed by atoms with Crippen LogP contribution >= 0.6 is 0 Å². The second-order valence-corrected chi connectivity index (χ2v) is 6.05. The number of hydrogen-bond acceptors (Lipinski definition) is 4. The van der Waals surface area contributed by atoms with Crippen LogP contribution in [0.5, 0.6) is 0 Å². The number of likely N-dealkylation sites (N-methyl/N-ethyl adjacent to an activating group) is 1. The van der Waals surface area contributed by atoms with E-state index < -0.39 is 0 Å². The highest BCUT2D eigenvalue weighted by atomic mass is 16.5. The summed E-state index contributed by atoms with van der Waals surface area (Å²) in [5.74, 6) is 0. The summed E-state index contributed by atoms with van der Waals surface area (Å²) in [6.07, 6.45) is 6.49. The summed E-state index contributed by atoms with van der Waals surface area (Å²) in [6, 6.07) is 0. The van der Waals surface area contributed by atoms with E-state index in [4.69, 9.17) is 15.2 Å². The van der Waals surface area contributed by atoms with Crippen molar-refractivity contribution in [1.82, 2.24) is 4.90 Å². The average Bonchev–Trinajstić information content (AvgIpc) is 2.41. The molecule has 0 aromatic carbocycles. The summed E-state index contributed by atoms with van der Waals surface area (Å²) in [5.41, 5.74) is 6.15. The van der Waals surface area contributed by atoms with Gasteiger partial charge in [-0.05, 0) is 39.2 Å². The van der Waals surface area contributed by atoms with Gasteiger partial charge in [-0.3, -0.25) is 0 Å². The van der Waals surface area contributed by atoms with Gasteiger partial charge in [-0.15, -0.1) is 0 Å². The van der Waals surface area contributed by atoms with E-state index in [0.717, 1.165) is 45.9 Å². The Labute approximate surface area is 111 Å². The summed E-state index contributed by atoms with van der Waals surface area (Å²) in [7, 11) is 2.18. The molecule has 2 rings (SSSR count). The highest BCUT2D eigenvalue weighted by Crippen LogP contribution is 2.28. The number of hydrogen-bond donors (Lipinski definition) is 1. The van der Waals surface area contributed by atoms with Gasteiger partial charge in [0.2, 0.25) is 0 Å². The van der Waals surface area contributed by atoms with Gasteiger partial charge in [0.15, 0.2) is 0 Å². The summed E-state index contributed by atoms with van der Waals surface area (Å²) in [6.45, 7) is 5.44. The molecular weight excluding hydrogens is 228 g/mol. The van der Waals surface area contributed by atoms with E-state index in [1.54, 1.807) is 0 Å². The van der Waals surface area contributed by atoms with Crippen LogP contribution in [-0.2, 0) is 9.47 Å². The van der Waals surface area contributed by atoms with Crippen molar-refractivity contribution in [3.05, 3.63) is 0 Å². The molecule has 2 saturated heterocycles. The Bertz CT molecular complexity index is 236. The van der Waals surface area contributed by atoms with E-state index >= 15 is 0 Å². The lowest BCUT2D eigenvalue weighted by Crippen LogP contribution is -2.48. The van der Waals surface area contributed by atoms with Crippen LogP contribution in [0.4, 0.5) is 0 Å². The molecule has 18 heavy (non-hydrogen) atoms. The van der Waals surface area contributed by atoms with Crippen molar-refractivity contribution in [1.29, 1.82) is 0 Å². The second-order valence-electron chi connectivity index (χ2n) is 6.05. The average molecular weight is 256 g/mol. The standard InChI is InChI=1S/C14H28N2O2/c1-16(9-13-5-2-3-8-18-13)11-14(10-15)6-4-7-17-12-14/h13H,2-12,15H2,1H3. The van der Waals surface area contributed by atoms with Gasteiger partial charge in [-0.1, -0.05) is 0 Å². The lowest BCUT2D eigenvalue weighted by Gasteiger charge is -2.40. The smallest absolute Gasteiger partial charge is 0.0701 e. The van der Waals surface area contributed by atoms with E-state index in [-0.39, 0.29) is 5.41 Å². The van der Waals surface area contributed by atoms with E-state index in [2.05, 4.69) is 11.9 Å². The lowest BCUT2D eigenvalue weighted by atomic mass is 9.82. The number of nitrogens with two attached hydrogens (primary N) is 1. The van der Waals surface area contributed by atoms with Gasteiger partial charge in [0.1, 0.15) is 0 Å². The van der Waals surface area contributed by atoms with Crippen LogP contribution in [0.15, 0.2) is 0 Å². The van der Waals surface area contributed by atoms with Gasteiger partial charge in [-0.2, -0.15) is 0 Å². The van der Waals surface area contributed by atoms with Crippen molar-refractivity contribution in [3.63, 3.8) is 0 Å². The topological polar surface area (TPSA) is 47.7 Å². The number of ether oxygens (including phenoxy) is 2. The molecular formula is C14H28N2O2. The second kappa shape index (κ2) is 6.85. The zero-order chi connectivity index (χ0) is 12.8. The summed E-state index contributed by atoms with van der Waals surface area (Å²) >= 11 is 0. The molecule has 4 nitrogen and oxygen atoms in total. The SMILES string of the molecule is CN(CC1CCCCO1)CC1(CN)CCCOC1. The Balaban J connectivity index is 1.78. The maximum atomic E-state index is 5.98. The molecule has 4 heteroatoms. The van der Waals surface area contributed by atoms with Crippen molar-refractivity contribution < 1.29 is 9.47 Å². The molecule has 0 amide bonds. The predicted molar refractivity (Wildman–Crippen MR) is 72.6 cm³/mol. The van der Waals surface area contributed by atoms with Crippen molar-refractivity contribution in [3.8, 4) is 0 Å². The van der Waals surface area contributed by atoms with Crippen molar-refractivity contribution >= 4 is 0 Å². The fourth-order valence-corrected chi connectivity index (χ4v) is 3.20. The zero-order valence-corrected chi connectivity index (χ0v) is 11.7. The molecule has 2 unspecified atom stereocenters. The van der Waals surface area contributed by atoms with Gasteiger partial charge in [0.05, 0.1) is 12.7 Å². The minimum Gasteiger partial charge on any atom is -0.381 e. The molecule has 0 radical (unpaired) electrons. The minimum absolute atomic E-state index is 0.168. The molecule has 2 N–H and O–H groups in total. The number of rotatable bonds is 5. The van der Waals surface area contributed by atoms with Gasteiger partial charge < -0.3 is 20.1 Å². The summed E-state index contributed by atoms with van der Waals surface area (Å²) in [4.78, 5) is 2.39. The highest BCUT2D eigenvalue weighted by molar-refractivity contribution is 4.86. The first-order valence-electron chi connectivity index (χ1n) is 7.32. The Morgan fingerprint density at radius 3 is 2.78 bits per heavy atom. The Morgan fingerprint density at radius 2 is 2.17 bits per heavy atom. The van der Waals surface area contributed by atoms with Crippen LogP contribution in [0.1, 0.15) is 32.1 Å². The van der Waals surface area contributed by atoms with E-state index in [9.17, 15) is 0 Å². The van der Waals surface area contributed by atoms with Gasteiger partial charge in [0, 0.05) is 38.3 Å². The van der Waals surface area contributed by atoms with Crippen LogP contribution in [0, 0.1) is 5.41 Å². The Kier molecular flexibility index (Phi) is 5.42. The van der Waals surface area contributed by atoms with Crippen molar-refractivity contribution in [2.75, 3.05) is 46.5 Å².